The van der Waals surface area contributed by atoms with Crippen molar-refractivity contribution in [2.24, 2.45) is 0 Å². The van der Waals surface area contributed by atoms with Gasteiger partial charge in [-0.2, -0.15) is 0 Å². The van der Waals surface area contributed by atoms with Crippen LogP contribution in [0.4, 0.5) is 0 Å². The Hall–Kier alpha value is -2.37. The highest BCUT2D eigenvalue weighted by atomic mass is 16.5. The average Bonchev–Trinajstić information content (AvgIpc) is 2.75. The molecule has 1 unspecified atom stereocenters. The Bertz CT molecular complexity index is 725. The predicted molar refractivity (Wildman–Crippen MR) is 113 cm³/mol. The molecular formula is C23H31N3O2. The van der Waals surface area contributed by atoms with Crippen LogP contribution in [-0.2, 0) is 11.2 Å². The Balaban J connectivity index is 1.60. The van der Waals surface area contributed by atoms with Crippen molar-refractivity contribution in [1.29, 1.82) is 0 Å². The molecule has 1 atom stereocenters. The van der Waals surface area contributed by atoms with Crippen LogP contribution in [0.25, 0.3) is 0 Å². The SMILES string of the molecule is CCN1CCN(C(CNC(=O)Cc2ccc(OC)cc2)c2ccccc2)CC1. The monoisotopic (exact) mass is 381 g/mol. The molecule has 2 aromatic rings. The van der Waals surface area contributed by atoms with Gasteiger partial charge in [-0.15, -0.1) is 0 Å². The van der Waals surface area contributed by atoms with E-state index in [1.54, 1.807) is 7.11 Å². The number of hydrogen-bond donors (Lipinski definition) is 1. The summed E-state index contributed by atoms with van der Waals surface area (Å²) in [6, 6.07) is 18.4. The lowest BCUT2D eigenvalue weighted by molar-refractivity contribution is -0.120. The van der Waals surface area contributed by atoms with Crippen LogP contribution in [0.3, 0.4) is 0 Å². The number of rotatable bonds is 8. The number of benzene rings is 2. The summed E-state index contributed by atoms with van der Waals surface area (Å²) in [4.78, 5) is 17.5. The molecule has 0 saturated carbocycles. The summed E-state index contributed by atoms with van der Waals surface area (Å²) >= 11 is 0. The fourth-order valence-corrected chi connectivity index (χ4v) is 3.73. The molecule has 1 fully saturated rings. The molecule has 0 aliphatic carbocycles. The summed E-state index contributed by atoms with van der Waals surface area (Å²) in [6.07, 6.45) is 0.384. The second-order valence-corrected chi connectivity index (χ2v) is 7.23. The van der Waals surface area contributed by atoms with Crippen LogP contribution in [0.15, 0.2) is 54.6 Å². The number of piperazine rings is 1. The summed E-state index contributed by atoms with van der Waals surface area (Å²) in [5.74, 6) is 0.859. The van der Waals surface area contributed by atoms with Gasteiger partial charge in [0.25, 0.3) is 0 Å². The fourth-order valence-electron chi connectivity index (χ4n) is 3.73. The summed E-state index contributed by atoms with van der Waals surface area (Å²) < 4.78 is 5.18. The van der Waals surface area contributed by atoms with Gasteiger partial charge < -0.3 is 15.0 Å². The van der Waals surface area contributed by atoms with Crippen molar-refractivity contribution in [2.45, 2.75) is 19.4 Å². The molecule has 5 nitrogen and oxygen atoms in total. The molecule has 1 N–H and O–H groups in total. The number of amides is 1. The number of ether oxygens (including phenoxy) is 1. The first-order valence-electron chi connectivity index (χ1n) is 10.1. The molecule has 1 aliphatic heterocycles. The normalized spacial score (nSPS) is 16.5. The van der Waals surface area contributed by atoms with Crippen LogP contribution in [0, 0.1) is 0 Å². The Labute approximate surface area is 168 Å². The van der Waals surface area contributed by atoms with Gasteiger partial charge in [-0.1, -0.05) is 49.4 Å². The van der Waals surface area contributed by atoms with Crippen molar-refractivity contribution in [3.05, 3.63) is 65.7 Å². The number of nitrogens with one attached hydrogen (secondary N) is 1. The molecule has 0 bridgehead atoms. The van der Waals surface area contributed by atoms with Crippen LogP contribution >= 0.6 is 0 Å². The van der Waals surface area contributed by atoms with E-state index in [2.05, 4.69) is 46.3 Å². The van der Waals surface area contributed by atoms with Gasteiger partial charge in [-0.25, -0.2) is 0 Å². The van der Waals surface area contributed by atoms with Gasteiger partial charge in [0.2, 0.25) is 5.91 Å². The molecule has 150 valence electrons. The van der Waals surface area contributed by atoms with Gasteiger partial charge >= 0.3 is 0 Å². The maximum Gasteiger partial charge on any atom is 0.224 e. The van der Waals surface area contributed by atoms with Gasteiger partial charge in [-0.05, 0) is 29.8 Å². The van der Waals surface area contributed by atoms with Crippen molar-refractivity contribution in [3.63, 3.8) is 0 Å². The second-order valence-electron chi connectivity index (χ2n) is 7.23. The molecular weight excluding hydrogens is 350 g/mol. The van der Waals surface area contributed by atoms with Crippen molar-refractivity contribution in [3.8, 4) is 5.75 Å². The first kappa shape index (κ1) is 20.4. The summed E-state index contributed by atoms with van der Waals surface area (Å²) in [6.45, 7) is 8.17. The third kappa shape index (κ3) is 5.57. The average molecular weight is 382 g/mol. The summed E-state index contributed by atoms with van der Waals surface area (Å²) in [5.41, 5.74) is 2.25. The van der Waals surface area contributed by atoms with E-state index in [1.165, 1.54) is 5.56 Å². The molecule has 1 heterocycles. The lowest BCUT2D eigenvalue weighted by atomic mass is 10.0. The number of nitrogens with zero attached hydrogens (tertiary/aromatic N) is 2. The standard InChI is InChI=1S/C23H31N3O2/c1-3-25-13-15-26(16-14-25)22(20-7-5-4-6-8-20)18-24-23(27)17-19-9-11-21(28-2)12-10-19/h4-12,22H,3,13-18H2,1-2H3,(H,24,27). The minimum atomic E-state index is 0.0540. The topological polar surface area (TPSA) is 44.8 Å². The predicted octanol–water partition coefficient (Wildman–Crippen LogP) is 2.73. The zero-order valence-corrected chi connectivity index (χ0v) is 16.9. The van der Waals surface area contributed by atoms with E-state index < -0.39 is 0 Å². The Morgan fingerprint density at radius 2 is 1.71 bits per heavy atom. The zero-order chi connectivity index (χ0) is 19.8. The van der Waals surface area contributed by atoms with Crippen LogP contribution < -0.4 is 10.1 Å². The largest absolute Gasteiger partial charge is 0.497 e. The highest BCUT2D eigenvalue weighted by Crippen LogP contribution is 2.21. The Morgan fingerprint density at radius 3 is 2.32 bits per heavy atom. The first-order chi connectivity index (χ1) is 13.7. The highest BCUT2D eigenvalue weighted by Gasteiger charge is 2.24. The molecule has 0 radical (unpaired) electrons. The van der Waals surface area contributed by atoms with E-state index in [0.717, 1.165) is 44.0 Å². The Kier molecular flexibility index (Phi) is 7.46. The van der Waals surface area contributed by atoms with E-state index >= 15 is 0 Å². The molecule has 1 amide bonds. The first-order valence-corrected chi connectivity index (χ1v) is 10.1. The number of carbonyl (C=O) groups is 1. The molecule has 28 heavy (non-hydrogen) atoms. The number of hydrogen-bond acceptors (Lipinski definition) is 4. The van der Waals surface area contributed by atoms with Crippen LogP contribution in [0.5, 0.6) is 5.75 Å². The quantitative estimate of drug-likeness (QED) is 0.764. The van der Waals surface area contributed by atoms with Gasteiger partial charge in [0, 0.05) is 32.7 Å². The van der Waals surface area contributed by atoms with Gasteiger partial charge in [0.05, 0.1) is 19.6 Å². The van der Waals surface area contributed by atoms with Gasteiger partial charge in [0.15, 0.2) is 0 Å². The highest BCUT2D eigenvalue weighted by molar-refractivity contribution is 5.78. The maximum absolute atomic E-state index is 12.5. The minimum absolute atomic E-state index is 0.0540. The molecule has 1 saturated heterocycles. The van der Waals surface area contributed by atoms with Crippen LogP contribution in [0.1, 0.15) is 24.1 Å². The molecule has 1 aliphatic rings. The van der Waals surface area contributed by atoms with E-state index in [0.29, 0.717) is 13.0 Å². The van der Waals surface area contributed by atoms with Crippen LogP contribution in [0.2, 0.25) is 0 Å². The van der Waals surface area contributed by atoms with Crippen LogP contribution in [-0.4, -0.2) is 62.1 Å². The van der Waals surface area contributed by atoms with Crippen molar-refractivity contribution in [1.82, 2.24) is 15.1 Å². The minimum Gasteiger partial charge on any atom is -0.497 e. The Morgan fingerprint density at radius 1 is 1.04 bits per heavy atom. The second kappa shape index (κ2) is 10.2. The van der Waals surface area contributed by atoms with E-state index in [-0.39, 0.29) is 11.9 Å². The molecule has 0 aromatic heterocycles. The number of methoxy groups -OCH3 is 1. The molecule has 2 aromatic carbocycles. The van der Waals surface area contributed by atoms with Crippen molar-refractivity contribution in [2.75, 3.05) is 46.4 Å². The van der Waals surface area contributed by atoms with Gasteiger partial charge in [-0.3, -0.25) is 9.69 Å². The van der Waals surface area contributed by atoms with Gasteiger partial charge in [0.1, 0.15) is 5.75 Å². The molecule has 0 spiro atoms. The van der Waals surface area contributed by atoms with E-state index in [1.807, 2.05) is 30.3 Å². The number of carbonyl (C=O) groups excluding carboxylic acids is 1. The molecule has 5 heteroatoms. The summed E-state index contributed by atoms with van der Waals surface area (Å²) in [5, 5.41) is 3.16. The fraction of sp³-hybridized carbons (Fsp3) is 0.435. The maximum atomic E-state index is 12.5. The lowest BCUT2D eigenvalue weighted by Crippen LogP contribution is -2.49. The lowest BCUT2D eigenvalue weighted by Gasteiger charge is -2.39. The smallest absolute Gasteiger partial charge is 0.224 e. The molecule has 3 rings (SSSR count). The van der Waals surface area contributed by atoms with E-state index in [9.17, 15) is 4.79 Å². The van der Waals surface area contributed by atoms with Crippen molar-refractivity contribution >= 4 is 5.91 Å². The zero-order valence-electron chi connectivity index (χ0n) is 16.9. The number of likely N-dealkylation sites (N-methyl/N-ethyl adjacent to an activating group) is 1. The van der Waals surface area contributed by atoms with Crippen molar-refractivity contribution < 1.29 is 9.53 Å². The summed E-state index contributed by atoms with van der Waals surface area (Å²) in [7, 11) is 1.64. The third-order valence-electron chi connectivity index (χ3n) is 5.50. The third-order valence-corrected chi connectivity index (χ3v) is 5.50. The van der Waals surface area contributed by atoms with E-state index in [4.69, 9.17) is 4.74 Å².